The smallest absolute Gasteiger partial charge is 0.357 e. The molecular formula is C13H19N3O5. The normalized spacial score (nSPS) is 22.3. The fourth-order valence-electron chi connectivity index (χ4n) is 2.43. The molecule has 1 N–H and O–H groups in total. The first-order valence-corrected chi connectivity index (χ1v) is 6.67. The number of hydrogen-bond donors (Lipinski definition) is 1. The van der Waals surface area contributed by atoms with Crippen molar-refractivity contribution in [2.75, 3.05) is 40.5 Å². The molecule has 2 rings (SSSR count). The Morgan fingerprint density at radius 1 is 1.24 bits per heavy atom. The molecule has 116 valence electrons. The molecule has 0 aliphatic carbocycles. The summed E-state index contributed by atoms with van der Waals surface area (Å²) in [4.78, 5) is 25.7. The van der Waals surface area contributed by atoms with Crippen LogP contribution in [0.15, 0.2) is 16.5 Å². The van der Waals surface area contributed by atoms with Crippen LogP contribution in [0.25, 0.3) is 0 Å². The van der Waals surface area contributed by atoms with Crippen molar-refractivity contribution < 1.29 is 23.8 Å². The lowest BCUT2D eigenvalue weighted by atomic mass is 9.96. The van der Waals surface area contributed by atoms with Crippen LogP contribution >= 0.6 is 0 Å². The molecular weight excluding hydrogens is 278 g/mol. The van der Waals surface area contributed by atoms with Gasteiger partial charge >= 0.3 is 11.9 Å². The average molecular weight is 297 g/mol. The molecule has 2 aliphatic rings. The fourth-order valence-corrected chi connectivity index (χ4v) is 2.43. The summed E-state index contributed by atoms with van der Waals surface area (Å²) < 4.78 is 14.8. The van der Waals surface area contributed by atoms with Gasteiger partial charge in [0.1, 0.15) is 0 Å². The van der Waals surface area contributed by atoms with Crippen molar-refractivity contribution >= 4 is 17.7 Å². The summed E-state index contributed by atoms with van der Waals surface area (Å²) in [6.07, 6.45) is 0. The molecule has 0 aromatic carbocycles. The minimum atomic E-state index is -0.523. The number of morpholine rings is 1. The maximum atomic E-state index is 11.9. The van der Waals surface area contributed by atoms with Crippen LogP contribution in [0.1, 0.15) is 6.92 Å². The van der Waals surface area contributed by atoms with Crippen LogP contribution in [0, 0.1) is 5.92 Å². The molecule has 0 aromatic rings. The Labute approximate surface area is 122 Å². The molecule has 0 saturated carbocycles. The summed E-state index contributed by atoms with van der Waals surface area (Å²) in [5.41, 5.74) is 3.78. The number of nitrogens with zero attached hydrogens (tertiary/aromatic N) is 2. The Kier molecular flexibility index (Phi) is 4.79. The monoisotopic (exact) mass is 297 g/mol. The van der Waals surface area contributed by atoms with E-state index in [1.807, 2.05) is 11.8 Å². The molecule has 0 amide bonds. The summed E-state index contributed by atoms with van der Waals surface area (Å²) in [5.74, 6) is -1.41. The number of carbonyl (C=O) groups excluding carboxylic acids is 2. The fraction of sp³-hybridized carbons (Fsp3) is 0.615. The van der Waals surface area contributed by atoms with E-state index in [9.17, 15) is 9.59 Å². The summed E-state index contributed by atoms with van der Waals surface area (Å²) >= 11 is 0. The third-order valence-corrected chi connectivity index (χ3v) is 3.50. The van der Waals surface area contributed by atoms with Crippen LogP contribution in [0.4, 0.5) is 0 Å². The maximum absolute atomic E-state index is 11.9. The van der Waals surface area contributed by atoms with Gasteiger partial charge in [0.25, 0.3) is 0 Å². The van der Waals surface area contributed by atoms with Crippen LogP contribution < -0.4 is 5.43 Å². The molecule has 8 heteroatoms. The summed E-state index contributed by atoms with van der Waals surface area (Å²) in [6, 6.07) is 0. The highest BCUT2D eigenvalue weighted by Crippen LogP contribution is 2.25. The Balaban J connectivity index is 2.35. The van der Waals surface area contributed by atoms with Gasteiger partial charge < -0.3 is 19.1 Å². The number of allylic oxidation sites excluding steroid dienone is 1. The van der Waals surface area contributed by atoms with Gasteiger partial charge in [0.2, 0.25) is 0 Å². The number of hydrogen-bond acceptors (Lipinski definition) is 8. The number of esters is 2. The standard InChI is InChI=1S/C13H19N3O5/c1-8-9(12(17)19-2)14-15-10(13(18)20-3)11(8)16-4-6-21-7-5-16/h8,15H,4-7H2,1-3H3. The van der Waals surface area contributed by atoms with Crippen LogP contribution in [-0.4, -0.2) is 63.1 Å². The average Bonchev–Trinajstić information content (AvgIpc) is 2.53. The van der Waals surface area contributed by atoms with E-state index in [4.69, 9.17) is 14.2 Å². The lowest BCUT2D eigenvalue weighted by Crippen LogP contribution is -2.45. The maximum Gasteiger partial charge on any atom is 0.357 e. The van der Waals surface area contributed by atoms with E-state index in [0.717, 1.165) is 0 Å². The van der Waals surface area contributed by atoms with Crippen LogP contribution in [0.5, 0.6) is 0 Å². The zero-order valence-corrected chi connectivity index (χ0v) is 12.3. The zero-order valence-electron chi connectivity index (χ0n) is 12.3. The molecule has 1 saturated heterocycles. The number of methoxy groups -OCH3 is 2. The van der Waals surface area contributed by atoms with Gasteiger partial charge in [-0.25, -0.2) is 9.59 Å². The van der Waals surface area contributed by atoms with Gasteiger partial charge in [0.15, 0.2) is 11.4 Å². The van der Waals surface area contributed by atoms with E-state index in [2.05, 4.69) is 10.5 Å². The minimum absolute atomic E-state index is 0.228. The van der Waals surface area contributed by atoms with Gasteiger partial charge in [-0.05, 0) is 0 Å². The summed E-state index contributed by atoms with van der Waals surface area (Å²) in [6.45, 7) is 4.21. The van der Waals surface area contributed by atoms with E-state index < -0.39 is 11.9 Å². The van der Waals surface area contributed by atoms with Gasteiger partial charge in [-0.2, -0.15) is 5.10 Å². The molecule has 0 radical (unpaired) electrons. The van der Waals surface area contributed by atoms with Crippen molar-refractivity contribution in [3.8, 4) is 0 Å². The first kappa shape index (κ1) is 15.3. The minimum Gasteiger partial charge on any atom is -0.464 e. The Morgan fingerprint density at radius 3 is 2.43 bits per heavy atom. The molecule has 1 unspecified atom stereocenters. The highest BCUT2D eigenvalue weighted by molar-refractivity contribution is 6.38. The van der Waals surface area contributed by atoms with Crippen molar-refractivity contribution in [1.29, 1.82) is 0 Å². The summed E-state index contributed by atoms with van der Waals surface area (Å²) in [5, 5.41) is 3.95. The van der Waals surface area contributed by atoms with E-state index in [1.165, 1.54) is 14.2 Å². The van der Waals surface area contributed by atoms with Crippen LogP contribution in [0.2, 0.25) is 0 Å². The van der Waals surface area contributed by atoms with Crippen LogP contribution in [-0.2, 0) is 23.8 Å². The molecule has 8 nitrogen and oxygen atoms in total. The van der Waals surface area contributed by atoms with Gasteiger partial charge in [0, 0.05) is 13.1 Å². The Morgan fingerprint density at radius 2 is 1.86 bits per heavy atom. The topological polar surface area (TPSA) is 89.5 Å². The Hall–Kier alpha value is -2.09. The van der Waals surface area contributed by atoms with Gasteiger partial charge in [0.05, 0.1) is 39.0 Å². The van der Waals surface area contributed by atoms with Gasteiger partial charge in [-0.15, -0.1) is 0 Å². The first-order valence-electron chi connectivity index (χ1n) is 6.67. The third kappa shape index (κ3) is 2.99. The molecule has 21 heavy (non-hydrogen) atoms. The first-order chi connectivity index (χ1) is 10.1. The second-order valence-electron chi connectivity index (χ2n) is 4.67. The quantitative estimate of drug-likeness (QED) is 0.700. The highest BCUT2D eigenvalue weighted by atomic mass is 16.5. The van der Waals surface area contributed by atoms with E-state index >= 15 is 0 Å². The molecule has 1 atom stereocenters. The van der Waals surface area contributed by atoms with Crippen molar-refractivity contribution in [1.82, 2.24) is 10.3 Å². The SMILES string of the molecule is COC(=O)C1=NNC(C(=O)OC)=C(N2CCOCC2)C1C. The predicted molar refractivity (Wildman–Crippen MR) is 73.2 cm³/mol. The molecule has 2 heterocycles. The van der Waals surface area contributed by atoms with E-state index in [-0.39, 0.29) is 17.3 Å². The number of nitrogens with one attached hydrogen (secondary N) is 1. The molecule has 0 bridgehead atoms. The number of ether oxygens (including phenoxy) is 3. The molecule has 1 fully saturated rings. The number of carbonyl (C=O) groups is 2. The lowest BCUT2D eigenvalue weighted by Gasteiger charge is -2.36. The van der Waals surface area contributed by atoms with Crippen molar-refractivity contribution in [2.45, 2.75) is 6.92 Å². The molecule has 2 aliphatic heterocycles. The second kappa shape index (κ2) is 6.57. The largest absolute Gasteiger partial charge is 0.464 e. The number of rotatable bonds is 3. The van der Waals surface area contributed by atoms with E-state index in [1.54, 1.807) is 0 Å². The highest BCUT2D eigenvalue weighted by Gasteiger charge is 2.35. The Bertz CT molecular complexity index is 494. The summed E-state index contributed by atoms with van der Waals surface area (Å²) in [7, 11) is 2.60. The predicted octanol–water partition coefficient (Wildman–Crippen LogP) is -0.528. The van der Waals surface area contributed by atoms with E-state index in [0.29, 0.717) is 32.0 Å². The van der Waals surface area contributed by atoms with Gasteiger partial charge in [-0.1, -0.05) is 6.92 Å². The lowest BCUT2D eigenvalue weighted by molar-refractivity contribution is -0.137. The number of hydrazone groups is 1. The van der Waals surface area contributed by atoms with Gasteiger partial charge in [-0.3, -0.25) is 5.43 Å². The molecule has 0 spiro atoms. The van der Waals surface area contributed by atoms with Crippen molar-refractivity contribution in [3.05, 3.63) is 11.4 Å². The zero-order chi connectivity index (χ0) is 15.4. The second-order valence-corrected chi connectivity index (χ2v) is 4.67. The van der Waals surface area contributed by atoms with Crippen LogP contribution in [0.3, 0.4) is 0 Å². The third-order valence-electron chi connectivity index (χ3n) is 3.50. The molecule has 0 aromatic heterocycles. The van der Waals surface area contributed by atoms with Crippen molar-refractivity contribution in [2.24, 2.45) is 11.0 Å². The van der Waals surface area contributed by atoms with Crippen molar-refractivity contribution in [3.63, 3.8) is 0 Å².